The molecule has 0 atom stereocenters. The summed E-state index contributed by atoms with van der Waals surface area (Å²) in [5, 5.41) is 5.47. The lowest BCUT2D eigenvalue weighted by Gasteiger charge is -2.38. The summed E-state index contributed by atoms with van der Waals surface area (Å²) < 4.78 is 16.2. The minimum atomic E-state index is -0.310. The number of amides is 3. The maximum atomic E-state index is 14.0. The monoisotopic (exact) mass is 584 g/mol. The van der Waals surface area contributed by atoms with Crippen LogP contribution in [-0.2, 0) is 11.3 Å². The Bertz CT molecular complexity index is 1580. The fraction of sp³-hybridized carbons (Fsp3) is 0.406. The SMILES string of the molecule is CCNC(=O)Nc1cc(CN2CCC(C(=O)N3CCC(n4c(-c5ccccn5)nc5cc(F)ccc54)CC3)CC2)ccn1. The first-order valence-electron chi connectivity index (χ1n) is 15.1. The van der Waals surface area contributed by atoms with Crippen LogP contribution in [-0.4, -0.2) is 74.0 Å². The standard InChI is InChI=1S/C32H37FN8O2/c1-2-34-32(43)38-29-19-22(8-14-36-29)21-39-15-9-23(10-16-39)31(42)40-17-11-25(12-18-40)41-28-7-6-24(33)20-27(28)37-30(41)26-5-3-4-13-35-26/h3-8,13-14,19-20,23,25H,2,9-12,15-18,21H2,1H3,(H2,34,36,38,43). The number of hydrogen-bond acceptors (Lipinski definition) is 6. The molecule has 5 heterocycles. The normalized spacial score (nSPS) is 16.8. The van der Waals surface area contributed by atoms with Crippen molar-refractivity contribution >= 4 is 28.8 Å². The van der Waals surface area contributed by atoms with Crippen molar-refractivity contribution < 1.29 is 14.0 Å². The van der Waals surface area contributed by atoms with Gasteiger partial charge in [0.25, 0.3) is 0 Å². The number of benzene rings is 1. The van der Waals surface area contributed by atoms with Gasteiger partial charge in [0.2, 0.25) is 5.91 Å². The van der Waals surface area contributed by atoms with E-state index >= 15 is 0 Å². The van der Waals surface area contributed by atoms with Gasteiger partial charge in [0.1, 0.15) is 17.3 Å². The molecule has 0 bridgehead atoms. The lowest BCUT2D eigenvalue weighted by Crippen LogP contribution is -2.45. The van der Waals surface area contributed by atoms with Gasteiger partial charge in [-0.05, 0) is 87.7 Å². The average molecular weight is 585 g/mol. The summed E-state index contributed by atoms with van der Waals surface area (Å²) in [5.74, 6) is 1.23. The molecule has 11 heteroatoms. The number of fused-ring (bicyclic) bond motifs is 1. The predicted octanol–water partition coefficient (Wildman–Crippen LogP) is 4.85. The number of anilines is 1. The number of likely N-dealkylation sites (tertiary alicyclic amines) is 2. The van der Waals surface area contributed by atoms with Crippen molar-refractivity contribution in [2.24, 2.45) is 5.92 Å². The highest BCUT2D eigenvalue weighted by atomic mass is 19.1. The van der Waals surface area contributed by atoms with Crippen LogP contribution in [0.15, 0.2) is 60.9 Å². The Kier molecular flexibility index (Phi) is 8.59. The molecule has 2 fully saturated rings. The summed E-state index contributed by atoms with van der Waals surface area (Å²) in [6, 6.07) is 14.2. The van der Waals surface area contributed by atoms with Gasteiger partial charge in [0, 0.05) is 56.6 Å². The number of pyridine rings is 2. The van der Waals surface area contributed by atoms with E-state index in [1.54, 1.807) is 18.5 Å². The Morgan fingerprint density at radius 2 is 1.77 bits per heavy atom. The molecule has 0 radical (unpaired) electrons. The zero-order valence-corrected chi connectivity index (χ0v) is 24.4. The fourth-order valence-corrected chi connectivity index (χ4v) is 6.28. The molecule has 43 heavy (non-hydrogen) atoms. The molecule has 4 aromatic rings. The Morgan fingerprint density at radius 3 is 2.51 bits per heavy atom. The number of nitrogens with zero attached hydrogens (tertiary/aromatic N) is 6. The predicted molar refractivity (Wildman–Crippen MR) is 163 cm³/mol. The van der Waals surface area contributed by atoms with Gasteiger partial charge in [-0.1, -0.05) is 6.07 Å². The van der Waals surface area contributed by atoms with E-state index in [-0.39, 0.29) is 29.7 Å². The molecule has 224 valence electrons. The lowest BCUT2D eigenvalue weighted by molar-refractivity contribution is -0.138. The summed E-state index contributed by atoms with van der Waals surface area (Å²) >= 11 is 0. The van der Waals surface area contributed by atoms with Crippen LogP contribution in [0.4, 0.5) is 15.0 Å². The van der Waals surface area contributed by atoms with E-state index in [9.17, 15) is 14.0 Å². The van der Waals surface area contributed by atoms with Crippen molar-refractivity contribution in [3.63, 3.8) is 0 Å². The average Bonchev–Trinajstić information content (AvgIpc) is 3.40. The van der Waals surface area contributed by atoms with Crippen molar-refractivity contribution in [2.45, 2.75) is 45.2 Å². The van der Waals surface area contributed by atoms with E-state index < -0.39 is 0 Å². The molecule has 0 saturated carbocycles. The Balaban J connectivity index is 1.05. The number of rotatable bonds is 7. The number of hydrogen-bond donors (Lipinski definition) is 2. The van der Waals surface area contributed by atoms with Gasteiger partial charge in [0.05, 0.1) is 11.0 Å². The van der Waals surface area contributed by atoms with Crippen LogP contribution >= 0.6 is 0 Å². The van der Waals surface area contributed by atoms with Gasteiger partial charge in [-0.2, -0.15) is 0 Å². The molecule has 0 spiro atoms. The third-order valence-corrected chi connectivity index (χ3v) is 8.43. The van der Waals surface area contributed by atoms with E-state index in [0.717, 1.165) is 67.9 Å². The van der Waals surface area contributed by atoms with E-state index in [2.05, 4.69) is 30.1 Å². The molecular weight excluding hydrogens is 547 g/mol. The van der Waals surface area contributed by atoms with Crippen molar-refractivity contribution in [3.8, 4) is 11.5 Å². The molecule has 3 amide bonds. The molecule has 2 aliphatic heterocycles. The quantitative estimate of drug-likeness (QED) is 0.322. The molecule has 1 aromatic carbocycles. The van der Waals surface area contributed by atoms with Crippen molar-refractivity contribution in [1.29, 1.82) is 0 Å². The Labute approximate surface area is 250 Å². The number of imidazole rings is 1. The molecule has 10 nitrogen and oxygen atoms in total. The second kappa shape index (κ2) is 12.9. The number of carbonyl (C=O) groups excluding carboxylic acids is 2. The zero-order valence-electron chi connectivity index (χ0n) is 24.4. The minimum Gasteiger partial charge on any atom is -0.342 e. The van der Waals surface area contributed by atoms with Gasteiger partial charge < -0.3 is 14.8 Å². The maximum absolute atomic E-state index is 14.0. The molecule has 0 unspecified atom stereocenters. The highest BCUT2D eigenvalue weighted by Gasteiger charge is 2.32. The summed E-state index contributed by atoms with van der Waals surface area (Å²) in [6.45, 7) is 6.23. The third-order valence-electron chi connectivity index (χ3n) is 8.43. The second-order valence-electron chi connectivity index (χ2n) is 11.3. The zero-order chi connectivity index (χ0) is 29.8. The van der Waals surface area contributed by atoms with Crippen LogP contribution in [0.1, 0.15) is 44.2 Å². The lowest BCUT2D eigenvalue weighted by atomic mass is 9.93. The second-order valence-corrected chi connectivity index (χ2v) is 11.3. The third kappa shape index (κ3) is 6.51. The largest absolute Gasteiger partial charge is 0.342 e. The first kappa shape index (κ1) is 28.7. The topological polar surface area (TPSA) is 108 Å². The highest BCUT2D eigenvalue weighted by molar-refractivity contribution is 5.88. The van der Waals surface area contributed by atoms with Gasteiger partial charge in [-0.25, -0.2) is 19.2 Å². The number of carbonyl (C=O) groups is 2. The van der Waals surface area contributed by atoms with Crippen LogP contribution in [0.5, 0.6) is 0 Å². The van der Waals surface area contributed by atoms with Crippen LogP contribution in [0.25, 0.3) is 22.6 Å². The van der Waals surface area contributed by atoms with E-state index in [1.165, 1.54) is 12.1 Å². The Hall–Kier alpha value is -4.38. The molecular formula is C32H37FN8O2. The van der Waals surface area contributed by atoms with Gasteiger partial charge in [-0.15, -0.1) is 0 Å². The smallest absolute Gasteiger partial charge is 0.320 e. The molecule has 2 aliphatic rings. The number of aromatic nitrogens is 4. The maximum Gasteiger partial charge on any atom is 0.320 e. The van der Waals surface area contributed by atoms with Crippen LogP contribution in [0.2, 0.25) is 0 Å². The van der Waals surface area contributed by atoms with Gasteiger partial charge in [0.15, 0.2) is 5.82 Å². The summed E-state index contributed by atoms with van der Waals surface area (Å²) in [5.41, 5.74) is 3.34. The highest BCUT2D eigenvalue weighted by Crippen LogP contribution is 2.34. The van der Waals surface area contributed by atoms with Crippen LogP contribution in [0.3, 0.4) is 0 Å². The molecule has 3 aromatic heterocycles. The number of halogens is 1. The first-order valence-corrected chi connectivity index (χ1v) is 15.1. The fourth-order valence-electron chi connectivity index (χ4n) is 6.28. The van der Waals surface area contributed by atoms with E-state index in [4.69, 9.17) is 4.98 Å². The van der Waals surface area contributed by atoms with E-state index in [1.807, 2.05) is 42.2 Å². The number of urea groups is 1. The summed E-state index contributed by atoms with van der Waals surface area (Å²) in [6.07, 6.45) is 6.72. The van der Waals surface area contributed by atoms with E-state index in [0.29, 0.717) is 31.0 Å². The minimum absolute atomic E-state index is 0.0290. The Morgan fingerprint density at radius 1 is 0.953 bits per heavy atom. The van der Waals surface area contributed by atoms with Gasteiger partial charge >= 0.3 is 6.03 Å². The summed E-state index contributed by atoms with van der Waals surface area (Å²) in [4.78, 5) is 43.3. The van der Waals surface area contributed by atoms with Crippen LogP contribution in [0, 0.1) is 11.7 Å². The van der Waals surface area contributed by atoms with Crippen molar-refractivity contribution in [2.75, 3.05) is 38.0 Å². The van der Waals surface area contributed by atoms with Crippen LogP contribution < -0.4 is 10.6 Å². The molecule has 2 saturated heterocycles. The number of nitrogens with one attached hydrogen (secondary N) is 2. The first-order chi connectivity index (χ1) is 21.0. The number of piperidine rings is 2. The molecule has 2 N–H and O–H groups in total. The summed E-state index contributed by atoms with van der Waals surface area (Å²) in [7, 11) is 0. The molecule has 6 rings (SSSR count). The van der Waals surface area contributed by atoms with Crippen molar-refractivity contribution in [1.82, 2.24) is 34.6 Å². The van der Waals surface area contributed by atoms with Gasteiger partial charge in [-0.3, -0.25) is 20.0 Å². The molecule has 0 aliphatic carbocycles. The van der Waals surface area contributed by atoms with Crippen molar-refractivity contribution in [3.05, 3.63) is 72.3 Å².